The van der Waals surface area contributed by atoms with Crippen molar-refractivity contribution in [1.29, 1.82) is 0 Å². The molecule has 5 heteroatoms. The van der Waals surface area contributed by atoms with Gasteiger partial charge in [-0.25, -0.2) is 4.98 Å². The first kappa shape index (κ1) is 12.9. The maximum atomic E-state index is 5.99. The van der Waals surface area contributed by atoms with Crippen molar-refractivity contribution in [2.75, 3.05) is 5.32 Å². The van der Waals surface area contributed by atoms with Crippen LogP contribution < -0.4 is 5.32 Å². The third-order valence-electron chi connectivity index (χ3n) is 2.48. The van der Waals surface area contributed by atoms with Crippen LogP contribution in [0.25, 0.3) is 0 Å². The number of thiazole rings is 1. The number of aryl methyl sites for hydroxylation is 1. The van der Waals surface area contributed by atoms with Crippen LogP contribution in [0.4, 0.5) is 5.69 Å². The van der Waals surface area contributed by atoms with Gasteiger partial charge in [-0.05, 0) is 48.0 Å². The highest BCUT2D eigenvalue weighted by Crippen LogP contribution is 2.31. The fourth-order valence-corrected chi connectivity index (χ4v) is 2.98. The molecule has 0 aliphatic rings. The fourth-order valence-electron chi connectivity index (χ4n) is 1.63. The molecule has 17 heavy (non-hydrogen) atoms. The Balaban J connectivity index is 2.21. The molecule has 2 nitrogen and oxygen atoms in total. The van der Waals surface area contributed by atoms with Gasteiger partial charge in [0, 0.05) is 14.4 Å². The van der Waals surface area contributed by atoms with Crippen molar-refractivity contribution in [3.63, 3.8) is 0 Å². The zero-order valence-corrected chi connectivity index (χ0v) is 12.7. The fraction of sp³-hybridized carbons (Fsp3) is 0.250. The van der Waals surface area contributed by atoms with Gasteiger partial charge in [-0.1, -0.05) is 11.6 Å². The molecule has 90 valence electrons. The first-order valence-electron chi connectivity index (χ1n) is 5.19. The van der Waals surface area contributed by atoms with Gasteiger partial charge in [-0.15, -0.1) is 11.3 Å². The van der Waals surface area contributed by atoms with E-state index in [4.69, 9.17) is 11.6 Å². The van der Waals surface area contributed by atoms with Gasteiger partial charge in [0.05, 0.1) is 22.9 Å². The molecule has 1 heterocycles. The lowest BCUT2D eigenvalue weighted by atomic mass is 10.2. The van der Waals surface area contributed by atoms with Crippen LogP contribution in [0.1, 0.15) is 23.5 Å². The van der Waals surface area contributed by atoms with Gasteiger partial charge in [-0.3, -0.25) is 0 Å². The predicted octanol–water partition coefficient (Wildman–Crippen LogP) is 5.04. The minimum atomic E-state index is 0.220. The molecule has 0 aliphatic heterocycles. The maximum absolute atomic E-state index is 5.99. The van der Waals surface area contributed by atoms with Crippen molar-refractivity contribution in [1.82, 2.24) is 4.98 Å². The normalized spacial score (nSPS) is 12.5. The molecule has 0 aliphatic carbocycles. The second-order valence-electron chi connectivity index (χ2n) is 3.79. The van der Waals surface area contributed by atoms with Crippen molar-refractivity contribution >= 4 is 44.6 Å². The third-order valence-corrected chi connectivity index (χ3v) is 4.52. The SMILES string of the molecule is Cc1ncsc1C(C)Nc1cc(Cl)ccc1Br. The number of hydrogen-bond donors (Lipinski definition) is 1. The molecular weight excluding hydrogens is 320 g/mol. The van der Waals surface area contributed by atoms with Crippen LogP contribution in [0.15, 0.2) is 28.2 Å². The number of benzene rings is 1. The van der Waals surface area contributed by atoms with Crippen LogP contribution in [0.3, 0.4) is 0 Å². The summed E-state index contributed by atoms with van der Waals surface area (Å²) >= 11 is 11.2. The molecule has 0 spiro atoms. The van der Waals surface area contributed by atoms with Crippen LogP contribution in [-0.2, 0) is 0 Å². The third kappa shape index (κ3) is 3.00. The van der Waals surface area contributed by atoms with Gasteiger partial charge < -0.3 is 5.32 Å². The molecular formula is C12H12BrClN2S. The van der Waals surface area contributed by atoms with Gasteiger partial charge in [0.15, 0.2) is 0 Å². The zero-order valence-electron chi connectivity index (χ0n) is 9.50. The van der Waals surface area contributed by atoms with E-state index < -0.39 is 0 Å². The molecule has 2 aromatic rings. The highest BCUT2D eigenvalue weighted by Gasteiger charge is 2.12. The van der Waals surface area contributed by atoms with E-state index in [1.54, 1.807) is 11.3 Å². The molecule has 1 aromatic carbocycles. The Kier molecular flexibility index (Phi) is 4.07. The standard InChI is InChI=1S/C12H12BrClN2S/c1-7-12(17-6-15-7)8(2)16-11-5-9(14)3-4-10(11)13/h3-6,8,16H,1-2H3. The van der Waals surface area contributed by atoms with Crippen LogP contribution in [0, 0.1) is 6.92 Å². The average Bonchev–Trinajstić information content (AvgIpc) is 2.70. The van der Waals surface area contributed by atoms with Gasteiger partial charge in [-0.2, -0.15) is 0 Å². The van der Waals surface area contributed by atoms with E-state index in [1.807, 2.05) is 30.6 Å². The van der Waals surface area contributed by atoms with E-state index in [0.29, 0.717) is 0 Å². The molecule has 2 rings (SSSR count). The predicted molar refractivity (Wildman–Crippen MR) is 78.0 cm³/mol. The zero-order chi connectivity index (χ0) is 12.4. The van der Waals surface area contributed by atoms with E-state index >= 15 is 0 Å². The Morgan fingerprint density at radius 1 is 1.47 bits per heavy atom. The number of rotatable bonds is 3. The molecule has 1 atom stereocenters. The number of halogens is 2. The lowest BCUT2D eigenvalue weighted by molar-refractivity contribution is 0.889. The average molecular weight is 332 g/mol. The summed E-state index contributed by atoms with van der Waals surface area (Å²) in [5.41, 5.74) is 3.95. The number of nitrogens with zero attached hydrogens (tertiary/aromatic N) is 1. The van der Waals surface area contributed by atoms with Crippen molar-refractivity contribution < 1.29 is 0 Å². The summed E-state index contributed by atoms with van der Waals surface area (Å²) in [7, 11) is 0. The molecule has 1 N–H and O–H groups in total. The summed E-state index contributed by atoms with van der Waals surface area (Å²) in [5, 5.41) is 4.16. The number of nitrogens with one attached hydrogen (secondary N) is 1. The minimum Gasteiger partial charge on any atom is -0.377 e. The Hall–Kier alpha value is -0.580. The van der Waals surface area contributed by atoms with E-state index in [-0.39, 0.29) is 6.04 Å². The second kappa shape index (κ2) is 5.38. The summed E-state index contributed by atoms with van der Waals surface area (Å²) in [5.74, 6) is 0. The quantitative estimate of drug-likeness (QED) is 0.852. The van der Waals surface area contributed by atoms with Crippen LogP contribution >= 0.6 is 38.9 Å². The lowest BCUT2D eigenvalue weighted by Gasteiger charge is -2.16. The van der Waals surface area contributed by atoms with Crippen LogP contribution in [0.2, 0.25) is 5.02 Å². The smallest absolute Gasteiger partial charge is 0.0798 e. The van der Waals surface area contributed by atoms with E-state index in [1.165, 1.54) is 4.88 Å². The first-order chi connectivity index (χ1) is 8.08. The number of aromatic nitrogens is 1. The molecule has 0 bridgehead atoms. The molecule has 0 fully saturated rings. The molecule has 0 saturated heterocycles. The van der Waals surface area contributed by atoms with Gasteiger partial charge >= 0.3 is 0 Å². The topological polar surface area (TPSA) is 24.9 Å². The maximum Gasteiger partial charge on any atom is 0.0798 e. The van der Waals surface area contributed by atoms with Crippen molar-refractivity contribution in [3.05, 3.63) is 43.8 Å². The Morgan fingerprint density at radius 2 is 2.24 bits per heavy atom. The molecule has 1 unspecified atom stereocenters. The van der Waals surface area contributed by atoms with Crippen molar-refractivity contribution in [3.8, 4) is 0 Å². The monoisotopic (exact) mass is 330 g/mol. The van der Waals surface area contributed by atoms with E-state index in [9.17, 15) is 0 Å². The summed E-state index contributed by atoms with van der Waals surface area (Å²) in [6.45, 7) is 4.14. The summed E-state index contributed by atoms with van der Waals surface area (Å²) < 4.78 is 1.01. The first-order valence-corrected chi connectivity index (χ1v) is 7.24. The molecule has 0 radical (unpaired) electrons. The number of anilines is 1. The van der Waals surface area contributed by atoms with Crippen LogP contribution in [-0.4, -0.2) is 4.98 Å². The largest absolute Gasteiger partial charge is 0.377 e. The van der Waals surface area contributed by atoms with Crippen LogP contribution in [0.5, 0.6) is 0 Å². The van der Waals surface area contributed by atoms with Gasteiger partial charge in [0.1, 0.15) is 0 Å². The minimum absolute atomic E-state index is 0.220. The lowest BCUT2D eigenvalue weighted by Crippen LogP contribution is -2.06. The van der Waals surface area contributed by atoms with Crippen molar-refractivity contribution in [2.45, 2.75) is 19.9 Å². The van der Waals surface area contributed by atoms with Crippen molar-refractivity contribution in [2.24, 2.45) is 0 Å². The number of hydrogen-bond acceptors (Lipinski definition) is 3. The van der Waals surface area contributed by atoms with Gasteiger partial charge in [0.25, 0.3) is 0 Å². The Bertz CT molecular complexity index is 527. The second-order valence-corrected chi connectivity index (χ2v) is 5.97. The highest BCUT2D eigenvalue weighted by atomic mass is 79.9. The summed E-state index contributed by atoms with van der Waals surface area (Å²) in [6.07, 6.45) is 0. The highest BCUT2D eigenvalue weighted by molar-refractivity contribution is 9.10. The summed E-state index contributed by atoms with van der Waals surface area (Å²) in [6, 6.07) is 5.94. The van der Waals surface area contributed by atoms with E-state index in [0.717, 1.165) is 20.9 Å². The van der Waals surface area contributed by atoms with Gasteiger partial charge in [0.2, 0.25) is 0 Å². The molecule has 1 aromatic heterocycles. The summed E-state index contributed by atoms with van der Waals surface area (Å²) in [4.78, 5) is 5.51. The Morgan fingerprint density at radius 3 is 2.88 bits per heavy atom. The molecule has 0 amide bonds. The van der Waals surface area contributed by atoms with E-state index in [2.05, 4.69) is 33.2 Å². The molecule has 0 saturated carbocycles. The Labute approximate surface area is 118 Å².